The Labute approximate surface area is 124 Å². The third-order valence-corrected chi connectivity index (χ3v) is 4.46. The van der Waals surface area contributed by atoms with Gasteiger partial charge in [0.15, 0.2) is 0 Å². The van der Waals surface area contributed by atoms with E-state index in [2.05, 4.69) is 15.2 Å². The lowest BCUT2D eigenvalue weighted by atomic mass is 9.97. The van der Waals surface area contributed by atoms with Crippen LogP contribution in [-0.2, 0) is 0 Å². The lowest BCUT2D eigenvalue weighted by molar-refractivity contribution is -0.384. The highest BCUT2D eigenvalue weighted by Crippen LogP contribution is 2.37. The molecule has 6 heteroatoms. The zero-order valence-corrected chi connectivity index (χ0v) is 12.4. The quantitative estimate of drug-likeness (QED) is 0.665. The maximum absolute atomic E-state index is 11.4. The molecule has 21 heavy (non-hydrogen) atoms. The van der Waals surface area contributed by atoms with Gasteiger partial charge >= 0.3 is 5.69 Å². The summed E-state index contributed by atoms with van der Waals surface area (Å²) in [5.41, 5.74) is 0.874. The Kier molecular flexibility index (Phi) is 4.05. The molecule has 0 unspecified atom stereocenters. The van der Waals surface area contributed by atoms with Crippen molar-refractivity contribution < 1.29 is 4.92 Å². The molecule has 0 amide bonds. The van der Waals surface area contributed by atoms with Gasteiger partial charge in [-0.05, 0) is 57.7 Å². The van der Waals surface area contributed by atoms with Gasteiger partial charge < -0.3 is 10.2 Å². The van der Waals surface area contributed by atoms with Crippen molar-refractivity contribution >= 4 is 11.5 Å². The Bertz CT molecular complexity index is 524. The summed E-state index contributed by atoms with van der Waals surface area (Å²) in [5.74, 6) is 1.18. The second-order valence-electron chi connectivity index (χ2n) is 6.13. The molecule has 1 aliphatic carbocycles. The topological polar surface area (TPSA) is 71.3 Å². The molecule has 2 aliphatic rings. The van der Waals surface area contributed by atoms with E-state index in [0.29, 0.717) is 23.3 Å². The molecule has 1 aromatic rings. The molecule has 3 rings (SSSR count). The maximum atomic E-state index is 11.4. The van der Waals surface area contributed by atoms with Crippen molar-refractivity contribution in [3.05, 3.63) is 27.9 Å². The molecule has 0 spiro atoms. The average Bonchev–Trinajstić information content (AvgIpc) is 3.30. The highest BCUT2D eigenvalue weighted by atomic mass is 16.6. The second kappa shape index (κ2) is 5.97. The number of nitrogens with one attached hydrogen (secondary N) is 1. The molecule has 1 N–H and O–H groups in total. The van der Waals surface area contributed by atoms with E-state index < -0.39 is 0 Å². The first-order valence-electron chi connectivity index (χ1n) is 7.74. The molecule has 1 aromatic heterocycles. The summed E-state index contributed by atoms with van der Waals surface area (Å²) in [6.45, 7) is 4.78. The van der Waals surface area contributed by atoms with Gasteiger partial charge in [0.2, 0.25) is 5.82 Å². The standard InChI is InChI=1S/C15H22N4O2/c1-11-4-9-17-15(14(11)19(20)21)18(13-2-3-13)10-12-5-7-16-8-6-12/h4,9,12-13,16H,2-3,5-8,10H2,1H3. The zero-order chi connectivity index (χ0) is 14.8. The van der Waals surface area contributed by atoms with Gasteiger partial charge in [-0.1, -0.05) is 0 Å². The number of anilines is 1. The Balaban J connectivity index is 1.87. The number of hydrogen-bond acceptors (Lipinski definition) is 5. The smallest absolute Gasteiger partial charge is 0.314 e. The molecule has 0 bridgehead atoms. The van der Waals surface area contributed by atoms with Crippen molar-refractivity contribution in [2.45, 2.75) is 38.6 Å². The minimum atomic E-state index is -0.282. The first-order valence-corrected chi connectivity index (χ1v) is 7.74. The predicted molar refractivity (Wildman–Crippen MR) is 81.6 cm³/mol. The van der Waals surface area contributed by atoms with Gasteiger partial charge in [-0.2, -0.15) is 0 Å². The molecular weight excluding hydrogens is 268 g/mol. The van der Waals surface area contributed by atoms with Crippen molar-refractivity contribution in [2.75, 3.05) is 24.5 Å². The van der Waals surface area contributed by atoms with Crippen LogP contribution in [0.4, 0.5) is 11.5 Å². The molecule has 0 radical (unpaired) electrons. The van der Waals surface area contributed by atoms with Crippen LogP contribution in [0.3, 0.4) is 0 Å². The lowest BCUT2D eigenvalue weighted by Gasteiger charge is -2.30. The number of nitro groups is 1. The van der Waals surface area contributed by atoms with Crippen LogP contribution in [0.25, 0.3) is 0 Å². The van der Waals surface area contributed by atoms with E-state index in [-0.39, 0.29) is 10.6 Å². The van der Waals surface area contributed by atoms with Crippen molar-refractivity contribution in [1.82, 2.24) is 10.3 Å². The summed E-state index contributed by atoms with van der Waals surface area (Å²) in [6.07, 6.45) is 6.22. The summed E-state index contributed by atoms with van der Waals surface area (Å²) >= 11 is 0. The van der Waals surface area contributed by atoms with Crippen LogP contribution in [0.15, 0.2) is 12.3 Å². The van der Waals surface area contributed by atoms with Gasteiger partial charge in [0.25, 0.3) is 0 Å². The first-order chi connectivity index (χ1) is 10.2. The molecule has 0 atom stereocenters. The zero-order valence-electron chi connectivity index (χ0n) is 12.4. The van der Waals surface area contributed by atoms with E-state index in [9.17, 15) is 10.1 Å². The number of hydrogen-bond donors (Lipinski definition) is 1. The van der Waals surface area contributed by atoms with E-state index in [4.69, 9.17) is 0 Å². The third kappa shape index (κ3) is 3.15. The predicted octanol–water partition coefficient (Wildman–Crippen LogP) is 2.27. The largest absolute Gasteiger partial charge is 0.348 e. The van der Waals surface area contributed by atoms with Gasteiger partial charge in [-0.25, -0.2) is 4.98 Å². The molecule has 114 valence electrons. The molecule has 2 heterocycles. The Morgan fingerprint density at radius 1 is 1.38 bits per heavy atom. The van der Waals surface area contributed by atoms with Crippen LogP contribution in [0.2, 0.25) is 0 Å². The van der Waals surface area contributed by atoms with Gasteiger partial charge in [0.1, 0.15) is 0 Å². The van der Waals surface area contributed by atoms with E-state index >= 15 is 0 Å². The molecule has 1 saturated heterocycles. The molecule has 0 aromatic carbocycles. The van der Waals surface area contributed by atoms with Crippen LogP contribution in [-0.4, -0.2) is 35.6 Å². The Hall–Kier alpha value is -1.69. The number of rotatable bonds is 5. The average molecular weight is 290 g/mol. The third-order valence-electron chi connectivity index (χ3n) is 4.46. The number of aryl methyl sites for hydroxylation is 1. The number of pyridine rings is 1. The van der Waals surface area contributed by atoms with E-state index in [1.54, 1.807) is 19.2 Å². The van der Waals surface area contributed by atoms with Crippen LogP contribution < -0.4 is 10.2 Å². The molecule has 1 aliphatic heterocycles. The number of aromatic nitrogens is 1. The van der Waals surface area contributed by atoms with Crippen molar-refractivity contribution in [3.63, 3.8) is 0 Å². The fraction of sp³-hybridized carbons (Fsp3) is 0.667. The minimum Gasteiger partial charge on any atom is -0.348 e. The van der Waals surface area contributed by atoms with Crippen LogP contribution >= 0.6 is 0 Å². The second-order valence-corrected chi connectivity index (χ2v) is 6.13. The number of nitrogens with zero attached hydrogens (tertiary/aromatic N) is 3. The monoisotopic (exact) mass is 290 g/mol. The molecule has 1 saturated carbocycles. The first kappa shape index (κ1) is 14.3. The van der Waals surface area contributed by atoms with Crippen LogP contribution in [0.1, 0.15) is 31.2 Å². The van der Waals surface area contributed by atoms with Gasteiger partial charge in [-0.15, -0.1) is 0 Å². The van der Waals surface area contributed by atoms with E-state index in [0.717, 1.165) is 45.3 Å². The van der Waals surface area contributed by atoms with Crippen molar-refractivity contribution in [3.8, 4) is 0 Å². The number of piperidine rings is 1. The van der Waals surface area contributed by atoms with Gasteiger partial charge in [0, 0.05) is 24.3 Å². The van der Waals surface area contributed by atoms with Crippen LogP contribution in [0, 0.1) is 23.0 Å². The van der Waals surface area contributed by atoms with Crippen LogP contribution in [0.5, 0.6) is 0 Å². The van der Waals surface area contributed by atoms with E-state index in [1.807, 2.05) is 0 Å². The maximum Gasteiger partial charge on any atom is 0.314 e. The fourth-order valence-corrected chi connectivity index (χ4v) is 3.11. The normalized spacial score (nSPS) is 19.5. The highest BCUT2D eigenvalue weighted by Gasteiger charge is 2.36. The SMILES string of the molecule is Cc1ccnc(N(CC2CCNCC2)C2CC2)c1[N+](=O)[O-]. The van der Waals surface area contributed by atoms with Gasteiger partial charge in [0.05, 0.1) is 4.92 Å². The summed E-state index contributed by atoms with van der Waals surface area (Å²) in [5, 5.41) is 14.8. The Morgan fingerprint density at radius 2 is 2.10 bits per heavy atom. The molecular formula is C15H22N4O2. The van der Waals surface area contributed by atoms with E-state index in [1.165, 1.54) is 0 Å². The van der Waals surface area contributed by atoms with Crippen molar-refractivity contribution in [2.24, 2.45) is 5.92 Å². The molecule has 2 fully saturated rings. The fourth-order valence-electron chi connectivity index (χ4n) is 3.11. The Morgan fingerprint density at radius 3 is 2.71 bits per heavy atom. The molecule has 6 nitrogen and oxygen atoms in total. The summed E-state index contributed by atoms with van der Waals surface area (Å²) < 4.78 is 0. The summed E-state index contributed by atoms with van der Waals surface area (Å²) in [6, 6.07) is 2.16. The van der Waals surface area contributed by atoms with Crippen molar-refractivity contribution in [1.29, 1.82) is 0 Å². The summed E-state index contributed by atoms with van der Waals surface area (Å²) in [4.78, 5) is 17.7. The summed E-state index contributed by atoms with van der Waals surface area (Å²) in [7, 11) is 0. The highest BCUT2D eigenvalue weighted by molar-refractivity contribution is 5.62. The lowest BCUT2D eigenvalue weighted by Crippen LogP contribution is -2.38. The minimum absolute atomic E-state index is 0.179. The van der Waals surface area contributed by atoms with Gasteiger partial charge in [-0.3, -0.25) is 10.1 Å².